The molecular weight excluding hydrogens is 240 g/mol. The van der Waals surface area contributed by atoms with Gasteiger partial charge in [0.15, 0.2) is 0 Å². The molecule has 0 spiro atoms. The van der Waals surface area contributed by atoms with Crippen LogP contribution >= 0.6 is 27.3 Å². The molecule has 4 heteroatoms. The van der Waals surface area contributed by atoms with Crippen molar-refractivity contribution >= 4 is 27.3 Å². The third-order valence-electron chi connectivity index (χ3n) is 1.56. The first kappa shape index (κ1) is 10.2. The van der Waals surface area contributed by atoms with Crippen LogP contribution in [0.15, 0.2) is 15.9 Å². The Hall–Kier alpha value is 0.1000. The lowest BCUT2D eigenvalue weighted by atomic mass is 10.2. The molecule has 0 amide bonds. The molecule has 2 N–H and O–H groups in total. The van der Waals surface area contributed by atoms with Gasteiger partial charge >= 0.3 is 0 Å². The zero-order valence-electron chi connectivity index (χ0n) is 6.53. The van der Waals surface area contributed by atoms with Crippen LogP contribution in [-0.2, 0) is 6.42 Å². The Morgan fingerprint density at radius 1 is 1.50 bits per heavy atom. The molecule has 1 unspecified atom stereocenters. The summed E-state index contributed by atoms with van der Waals surface area (Å²) in [6.07, 6.45) is 0.882. The van der Waals surface area contributed by atoms with Crippen molar-refractivity contribution in [1.29, 1.82) is 0 Å². The van der Waals surface area contributed by atoms with Crippen molar-refractivity contribution < 1.29 is 10.2 Å². The van der Waals surface area contributed by atoms with Gasteiger partial charge < -0.3 is 10.2 Å². The molecule has 0 bridgehead atoms. The second-order valence-corrected chi connectivity index (χ2v) is 5.13. The Balaban J connectivity index is 2.33. The topological polar surface area (TPSA) is 40.5 Å². The summed E-state index contributed by atoms with van der Waals surface area (Å²) >= 11 is 5.03. The lowest BCUT2D eigenvalue weighted by Crippen LogP contribution is -2.12. The first-order chi connectivity index (χ1) is 5.72. The second kappa shape index (κ2) is 4.97. The maximum Gasteiger partial charge on any atom is 0.0774 e. The van der Waals surface area contributed by atoms with Gasteiger partial charge in [-0.05, 0) is 40.9 Å². The molecule has 0 aliphatic heterocycles. The van der Waals surface area contributed by atoms with Crippen molar-refractivity contribution in [3.63, 3.8) is 0 Å². The number of hydrogen-bond donors (Lipinski definition) is 2. The van der Waals surface area contributed by atoms with Crippen molar-refractivity contribution in [3.8, 4) is 0 Å². The molecule has 0 fully saturated rings. The minimum atomic E-state index is -0.578. The minimum absolute atomic E-state index is 0.146. The van der Waals surface area contributed by atoms with Crippen molar-refractivity contribution in [3.05, 3.63) is 20.8 Å². The van der Waals surface area contributed by atoms with Gasteiger partial charge in [0.25, 0.3) is 0 Å². The van der Waals surface area contributed by atoms with Gasteiger partial charge in [-0.3, -0.25) is 0 Å². The number of rotatable bonds is 4. The Morgan fingerprint density at radius 3 is 2.75 bits per heavy atom. The SMILES string of the molecule is OCC(O)CCc1ccc(Br)s1. The smallest absolute Gasteiger partial charge is 0.0774 e. The molecule has 1 atom stereocenters. The Bertz CT molecular complexity index is 237. The molecule has 12 heavy (non-hydrogen) atoms. The van der Waals surface area contributed by atoms with E-state index in [0.717, 1.165) is 10.2 Å². The van der Waals surface area contributed by atoms with Crippen molar-refractivity contribution in [1.82, 2.24) is 0 Å². The molecule has 1 aromatic heterocycles. The van der Waals surface area contributed by atoms with E-state index in [-0.39, 0.29) is 6.61 Å². The normalized spacial score (nSPS) is 13.2. The molecule has 1 heterocycles. The highest BCUT2D eigenvalue weighted by Crippen LogP contribution is 2.23. The van der Waals surface area contributed by atoms with Crippen LogP contribution in [0.5, 0.6) is 0 Å². The summed E-state index contributed by atoms with van der Waals surface area (Å²) in [5.41, 5.74) is 0. The molecule has 0 radical (unpaired) electrons. The first-order valence-corrected chi connectivity index (χ1v) is 5.36. The van der Waals surface area contributed by atoms with Gasteiger partial charge in [-0.1, -0.05) is 0 Å². The number of aryl methyl sites for hydroxylation is 1. The van der Waals surface area contributed by atoms with E-state index < -0.39 is 6.10 Å². The highest BCUT2D eigenvalue weighted by Gasteiger charge is 2.03. The molecular formula is C8H11BrO2S. The van der Waals surface area contributed by atoms with E-state index in [1.807, 2.05) is 12.1 Å². The van der Waals surface area contributed by atoms with E-state index in [9.17, 15) is 0 Å². The number of halogens is 1. The highest BCUT2D eigenvalue weighted by atomic mass is 79.9. The van der Waals surface area contributed by atoms with Crippen LogP contribution in [0, 0.1) is 0 Å². The predicted molar refractivity (Wildman–Crippen MR) is 53.4 cm³/mol. The van der Waals surface area contributed by atoms with Crippen molar-refractivity contribution in [2.75, 3.05) is 6.61 Å². The summed E-state index contributed by atoms with van der Waals surface area (Å²) in [6, 6.07) is 4.02. The van der Waals surface area contributed by atoms with E-state index in [1.54, 1.807) is 11.3 Å². The van der Waals surface area contributed by atoms with Crippen LogP contribution in [0.4, 0.5) is 0 Å². The fourth-order valence-corrected chi connectivity index (χ4v) is 2.38. The Labute approximate surface area is 84.0 Å². The zero-order chi connectivity index (χ0) is 8.97. The molecule has 1 aromatic rings. The lowest BCUT2D eigenvalue weighted by Gasteiger charge is -2.03. The fraction of sp³-hybridized carbons (Fsp3) is 0.500. The summed E-state index contributed by atoms with van der Waals surface area (Å²) in [7, 11) is 0. The average Bonchev–Trinajstić information content (AvgIpc) is 2.47. The van der Waals surface area contributed by atoms with E-state index in [4.69, 9.17) is 10.2 Å². The van der Waals surface area contributed by atoms with Gasteiger partial charge in [-0.2, -0.15) is 0 Å². The number of aliphatic hydroxyl groups is 2. The van der Waals surface area contributed by atoms with E-state index in [0.29, 0.717) is 6.42 Å². The summed E-state index contributed by atoms with van der Waals surface area (Å²) in [5.74, 6) is 0. The molecule has 1 rings (SSSR count). The summed E-state index contributed by atoms with van der Waals surface area (Å²) in [5, 5.41) is 17.6. The van der Waals surface area contributed by atoms with Gasteiger partial charge in [-0.25, -0.2) is 0 Å². The van der Waals surface area contributed by atoms with Crippen LogP contribution in [0.2, 0.25) is 0 Å². The van der Waals surface area contributed by atoms with Crippen LogP contribution < -0.4 is 0 Å². The maximum atomic E-state index is 9.07. The molecule has 0 aliphatic carbocycles. The van der Waals surface area contributed by atoms with Gasteiger partial charge in [-0.15, -0.1) is 11.3 Å². The van der Waals surface area contributed by atoms with Crippen LogP contribution in [-0.4, -0.2) is 22.9 Å². The van der Waals surface area contributed by atoms with Crippen LogP contribution in [0.1, 0.15) is 11.3 Å². The molecule has 0 saturated carbocycles. The summed E-state index contributed by atoms with van der Waals surface area (Å²) in [6.45, 7) is -0.146. The van der Waals surface area contributed by atoms with Gasteiger partial charge in [0, 0.05) is 4.88 Å². The van der Waals surface area contributed by atoms with E-state index in [1.165, 1.54) is 4.88 Å². The van der Waals surface area contributed by atoms with Crippen LogP contribution in [0.3, 0.4) is 0 Å². The Morgan fingerprint density at radius 2 is 2.25 bits per heavy atom. The van der Waals surface area contributed by atoms with Crippen LogP contribution in [0.25, 0.3) is 0 Å². The largest absolute Gasteiger partial charge is 0.394 e. The number of hydrogen-bond acceptors (Lipinski definition) is 3. The van der Waals surface area contributed by atoms with Crippen molar-refractivity contribution in [2.45, 2.75) is 18.9 Å². The third-order valence-corrected chi connectivity index (χ3v) is 3.25. The number of thiophene rings is 1. The maximum absolute atomic E-state index is 9.07. The predicted octanol–water partition coefficient (Wildman–Crippen LogP) is 1.80. The molecule has 0 aliphatic rings. The summed E-state index contributed by atoms with van der Waals surface area (Å²) < 4.78 is 1.11. The molecule has 68 valence electrons. The Kier molecular flexibility index (Phi) is 4.21. The molecule has 2 nitrogen and oxygen atoms in total. The lowest BCUT2D eigenvalue weighted by molar-refractivity contribution is 0.0887. The number of aliphatic hydroxyl groups excluding tert-OH is 2. The van der Waals surface area contributed by atoms with Crippen molar-refractivity contribution in [2.24, 2.45) is 0 Å². The van der Waals surface area contributed by atoms with Gasteiger partial charge in [0.2, 0.25) is 0 Å². The van der Waals surface area contributed by atoms with Gasteiger partial charge in [0.05, 0.1) is 16.5 Å². The molecule has 0 saturated heterocycles. The average molecular weight is 251 g/mol. The van der Waals surface area contributed by atoms with E-state index >= 15 is 0 Å². The molecule has 0 aromatic carbocycles. The zero-order valence-corrected chi connectivity index (χ0v) is 8.94. The highest BCUT2D eigenvalue weighted by molar-refractivity contribution is 9.11. The third kappa shape index (κ3) is 3.23. The minimum Gasteiger partial charge on any atom is -0.394 e. The quantitative estimate of drug-likeness (QED) is 0.856. The van der Waals surface area contributed by atoms with Gasteiger partial charge in [0.1, 0.15) is 0 Å². The second-order valence-electron chi connectivity index (χ2n) is 2.58. The fourth-order valence-electron chi connectivity index (χ4n) is 0.886. The monoisotopic (exact) mass is 250 g/mol. The summed E-state index contributed by atoms with van der Waals surface area (Å²) in [4.78, 5) is 1.23. The van der Waals surface area contributed by atoms with E-state index in [2.05, 4.69) is 15.9 Å². The standard InChI is InChI=1S/C8H11BrO2S/c9-8-4-3-7(12-8)2-1-6(11)5-10/h3-4,6,10-11H,1-2,5H2. The first-order valence-electron chi connectivity index (χ1n) is 3.75.